The molecule has 2 heteroatoms. The largest absolute Gasteiger partial charge is 0.355 e. The van der Waals surface area contributed by atoms with Gasteiger partial charge in [0.05, 0.1) is 16.4 Å². The van der Waals surface area contributed by atoms with Crippen LogP contribution in [0.5, 0.6) is 0 Å². The average Bonchev–Trinajstić information content (AvgIpc) is 3.64. The highest BCUT2D eigenvalue weighted by Gasteiger charge is 2.46. The summed E-state index contributed by atoms with van der Waals surface area (Å²) in [5, 5.41) is 8.93. The number of fused-ring (bicyclic) bond motifs is 7. The van der Waals surface area contributed by atoms with Crippen LogP contribution in [0.2, 0.25) is 0 Å². The van der Waals surface area contributed by atoms with Gasteiger partial charge in [-0.05, 0) is 86.6 Å². The van der Waals surface area contributed by atoms with Crippen molar-refractivity contribution in [2.45, 2.75) is 5.41 Å². The highest BCUT2D eigenvalue weighted by molar-refractivity contribution is 6.14. The Morgan fingerprint density at radius 2 is 0.959 bits per heavy atom. The molecular weight excluding hydrogens is 593 g/mol. The lowest BCUT2D eigenvalue weighted by atomic mass is 9.67. The van der Waals surface area contributed by atoms with Crippen molar-refractivity contribution in [3.05, 3.63) is 210 Å². The summed E-state index contributed by atoms with van der Waals surface area (Å²) in [6, 6.07) is 68.5. The molecule has 0 radical (unpaired) electrons. The van der Waals surface area contributed by atoms with Gasteiger partial charge in [-0.2, -0.15) is 0 Å². The van der Waals surface area contributed by atoms with Crippen LogP contribution in [-0.4, -0.2) is 4.57 Å². The third kappa shape index (κ3) is 4.07. The van der Waals surface area contributed by atoms with Crippen molar-refractivity contribution in [1.82, 2.24) is 4.57 Å². The molecule has 0 atom stereocenters. The molecule has 0 unspecified atom stereocenters. The molecule has 0 aliphatic heterocycles. The number of benzene rings is 8. The molecule has 0 bridgehead atoms. The van der Waals surface area contributed by atoms with Crippen molar-refractivity contribution in [2.75, 3.05) is 5.32 Å². The Morgan fingerprint density at radius 3 is 1.67 bits per heavy atom. The van der Waals surface area contributed by atoms with Crippen molar-refractivity contribution in [2.24, 2.45) is 0 Å². The molecular formula is C47H32N2. The van der Waals surface area contributed by atoms with Gasteiger partial charge in [-0.1, -0.05) is 146 Å². The van der Waals surface area contributed by atoms with Crippen molar-refractivity contribution in [3.8, 4) is 16.8 Å². The number of hydrogen-bond acceptors (Lipinski definition) is 1. The zero-order valence-corrected chi connectivity index (χ0v) is 26.8. The minimum atomic E-state index is -0.485. The lowest BCUT2D eigenvalue weighted by molar-refractivity contribution is 0.771. The SMILES string of the molecule is c1ccc(-n2c3cc(Nc4ccccc4C4(c5ccccc5)c5ccccc5-c5ccccc54)ccc3c3cc4ccccc4cc32)cc1. The number of anilines is 2. The molecule has 1 heterocycles. The van der Waals surface area contributed by atoms with E-state index in [0.717, 1.165) is 17.1 Å². The Labute approximate surface area is 285 Å². The van der Waals surface area contributed by atoms with Gasteiger partial charge >= 0.3 is 0 Å². The molecule has 0 amide bonds. The van der Waals surface area contributed by atoms with Crippen LogP contribution in [0.1, 0.15) is 22.3 Å². The highest BCUT2D eigenvalue weighted by Crippen LogP contribution is 2.57. The first-order valence-corrected chi connectivity index (χ1v) is 16.9. The maximum Gasteiger partial charge on any atom is 0.0733 e. The van der Waals surface area contributed by atoms with E-state index in [1.165, 1.54) is 66.0 Å². The minimum absolute atomic E-state index is 0.485. The molecule has 8 aromatic carbocycles. The van der Waals surface area contributed by atoms with Crippen LogP contribution in [0.3, 0.4) is 0 Å². The van der Waals surface area contributed by atoms with E-state index in [-0.39, 0.29) is 0 Å². The Kier molecular flexibility index (Phi) is 6.13. The van der Waals surface area contributed by atoms with Gasteiger partial charge in [0, 0.05) is 27.8 Å². The van der Waals surface area contributed by atoms with Crippen molar-refractivity contribution < 1.29 is 0 Å². The third-order valence-electron chi connectivity index (χ3n) is 10.4. The fourth-order valence-electron chi connectivity index (χ4n) is 8.39. The first-order valence-electron chi connectivity index (χ1n) is 16.9. The van der Waals surface area contributed by atoms with Crippen molar-refractivity contribution >= 4 is 44.0 Å². The Morgan fingerprint density at radius 1 is 0.408 bits per heavy atom. The van der Waals surface area contributed by atoms with Crippen LogP contribution >= 0.6 is 0 Å². The predicted molar refractivity (Wildman–Crippen MR) is 205 cm³/mol. The molecule has 0 saturated carbocycles. The van der Waals surface area contributed by atoms with Crippen LogP contribution in [0.15, 0.2) is 188 Å². The first kappa shape index (κ1) is 27.7. The summed E-state index contributed by atoms with van der Waals surface area (Å²) in [7, 11) is 0. The van der Waals surface area contributed by atoms with Crippen LogP contribution < -0.4 is 5.32 Å². The molecule has 1 N–H and O–H groups in total. The van der Waals surface area contributed by atoms with Gasteiger partial charge in [0.25, 0.3) is 0 Å². The average molecular weight is 625 g/mol. The maximum atomic E-state index is 3.94. The molecule has 1 aliphatic rings. The summed E-state index contributed by atoms with van der Waals surface area (Å²) in [6.07, 6.45) is 0. The maximum absolute atomic E-state index is 3.94. The van der Waals surface area contributed by atoms with Gasteiger partial charge in [-0.25, -0.2) is 0 Å². The number of para-hydroxylation sites is 2. The quantitative estimate of drug-likeness (QED) is 0.202. The zero-order valence-electron chi connectivity index (χ0n) is 26.8. The fourth-order valence-corrected chi connectivity index (χ4v) is 8.39. The second-order valence-electron chi connectivity index (χ2n) is 13.0. The Balaban J connectivity index is 1.20. The molecule has 1 aromatic heterocycles. The second kappa shape index (κ2) is 10.8. The molecule has 230 valence electrons. The number of nitrogens with zero attached hydrogens (tertiary/aromatic N) is 1. The van der Waals surface area contributed by atoms with Gasteiger partial charge in [0.15, 0.2) is 0 Å². The minimum Gasteiger partial charge on any atom is -0.355 e. The van der Waals surface area contributed by atoms with E-state index in [1.54, 1.807) is 0 Å². The topological polar surface area (TPSA) is 17.0 Å². The molecule has 1 aliphatic carbocycles. The fraction of sp³-hybridized carbons (Fsp3) is 0.0213. The monoisotopic (exact) mass is 624 g/mol. The number of aromatic nitrogens is 1. The summed E-state index contributed by atoms with van der Waals surface area (Å²) >= 11 is 0. The number of nitrogens with one attached hydrogen (secondary N) is 1. The summed E-state index contributed by atoms with van der Waals surface area (Å²) in [5.41, 5.74) is 12.9. The molecule has 0 spiro atoms. The highest BCUT2D eigenvalue weighted by atomic mass is 15.0. The first-order chi connectivity index (χ1) is 24.3. The Hall–Kier alpha value is -6.38. The van der Waals surface area contributed by atoms with Crippen molar-refractivity contribution in [1.29, 1.82) is 0 Å². The zero-order chi connectivity index (χ0) is 32.4. The van der Waals surface area contributed by atoms with Gasteiger partial charge < -0.3 is 9.88 Å². The van der Waals surface area contributed by atoms with E-state index in [0.29, 0.717) is 0 Å². The molecule has 0 saturated heterocycles. The van der Waals surface area contributed by atoms with Gasteiger partial charge in [-0.3, -0.25) is 0 Å². The molecule has 0 fully saturated rings. The van der Waals surface area contributed by atoms with E-state index in [9.17, 15) is 0 Å². The van der Waals surface area contributed by atoms with Crippen molar-refractivity contribution in [3.63, 3.8) is 0 Å². The lowest BCUT2D eigenvalue weighted by Gasteiger charge is -2.35. The lowest BCUT2D eigenvalue weighted by Crippen LogP contribution is -2.29. The standard InChI is InChI=1S/C47H32N2/c1-3-17-34(18-4-1)47(41-23-11-9-21-37(41)38-22-10-12-24-42(38)47)43-25-13-14-26-44(43)48-35-27-28-39-40-29-32-15-7-8-16-33(32)30-45(40)49(46(39)31-35)36-19-5-2-6-20-36/h1-31,48H. The smallest absolute Gasteiger partial charge is 0.0733 e. The van der Waals surface area contributed by atoms with E-state index in [4.69, 9.17) is 0 Å². The van der Waals surface area contributed by atoms with Crippen LogP contribution in [0, 0.1) is 0 Å². The number of hydrogen-bond donors (Lipinski definition) is 1. The second-order valence-corrected chi connectivity index (χ2v) is 13.0. The van der Waals surface area contributed by atoms with E-state index >= 15 is 0 Å². The molecule has 2 nitrogen and oxygen atoms in total. The third-order valence-corrected chi connectivity index (χ3v) is 10.4. The van der Waals surface area contributed by atoms with Gasteiger partial charge in [0.2, 0.25) is 0 Å². The predicted octanol–water partition coefficient (Wildman–Crippen LogP) is 12.0. The summed E-state index contributed by atoms with van der Waals surface area (Å²) in [5.74, 6) is 0. The van der Waals surface area contributed by atoms with Crippen LogP contribution in [0.4, 0.5) is 11.4 Å². The number of rotatable bonds is 5. The van der Waals surface area contributed by atoms with E-state index in [1.807, 2.05) is 0 Å². The Bertz CT molecular complexity index is 2640. The molecule has 9 aromatic rings. The van der Waals surface area contributed by atoms with Gasteiger partial charge in [0.1, 0.15) is 0 Å². The van der Waals surface area contributed by atoms with E-state index in [2.05, 4.69) is 198 Å². The van der Waals surface area contributed by atoms with Crippen LogP contribution in [-0.2, 0) is 5.41 Å². The van der Waals surface area contributed by atoms with E-state index < -0.39 is 5.41 Å². The summed E-state index contributed by atoms with van der Waals surface area (Å²) in [6.45, 7) is 0. The molecule has 49 heavy (non-hydrogen) atoms. The molecule has 10 rings (SSSR count). The van der Waals surface area contributed by atoms with Crippen LogP contribution in [0.25, 0.3) is 49.4 Å². The van der Waals surface area contributed by atoms with Gasteiger partial charge in [-0.15, -0.1) is 0 Å². The normalized spacial score (nSPS) is 13.1. The summed E-state index contributed by atoms with van der Waals surface area (Å²) < 4.78 is 2.41. The summed E-state index contributed by atoms with van der Waals surface area (Å²) in [4.78, 5) is 0.